The minimum Gasteiger partial charge on any atom is -0.389 e. The fraction of sp³-hybridized carbons (Fsp3) is 0.583. The maximum atomic E-state index is 9.77. The van der Waals surface area contributed by atoms with Crippen LogP contribution >= 0.6 is 0 Å². The lowest BCUT2D eigenvalue weighted by Crippen LogP contribution is -2.39. The Kier molecular flexibility index (Phi) is 3.69. The Morgan fingerprint density at radius 2 is 2.07 bits per heavy atom. The molecule has 1 N–H and O–H groups in total. The quantitative estimate of drug-likeness (QED) is 0.822. The maximum Gasteiger partial charge on any atom is 0.128 e. The Hall–Kier alpha value is -1.09. The number of aliphatic hydroxyl groups is 1. The van der Waals surface area contributed by atoms with Crippen molar-refractivity contribution in [1.29, 1.82) is 0 Å². The van der Waals surface area contributed by atoms with Gasteiger partial charge < -0.3 is 10.0 Å². The van der Waals surface area contributed by atoms with Gasteiger partial charge in [-0.1, -0.05) is 6.07 Å². The number of rotatable bonds is 4. The van der Waals surface area contributed by atoms with Crippen molar-refractivity contribution in [2.45, 2.75) is 33.3 Å². The van der Waals surface area contributed by atoms with Gasteiger partial charge in [0.25, 0.3) is 0 Å². The second-order valence-corrected chi connectivity index (χ2v) is 4.52. The molecule has 0 aliphatic rings. The molecule has 0 aliphatic carbocycles. The monoisotopic (exact) mass is 208 g/mol. The van der Waals surface area contributed by atoms with Gasteiger partial charge in [0.15, 0.2) is 0 Å². The van der Waals surface area contributed by atoms with Gasteiger partial charge >= 0.3 is 0 Å². The molecule has 0 radical (unpaired) electrons. The Morgan fingerprint density at radius 3 is 2.47 bits per heavy atom. The molecule has 0 aliphatic heterocycles. The first-order valence-corrected chi connectivity index (χ1v) is 5.32. The molecule has 3 nitrogen and oxygen atoms in total. The van der Waals surface area contributed by atoms with E-state index in [1.54, 1.807) is 0 Å². The summed E-state index contributed by atoms with van der Waals surface area (Å²) in [6.07, 6.45) is 1.85. The van der Waals surface area contributed by atoms with E-state index in [9.17, 15) is 5.11 Å². The highest BCUT2D eigenvalue weighted by Gasteiger charge is 2.17. The van der Waals surface area contributed by atoms with Crippen LogP contribution in [0.2, 0.25) is 0 Å². The van der Waals surface area contributed by atoms with Crippen LogP contribution in [0.1, 0.15) is 26.3 Å². The van der Waals surface area contributed by atoms with Gasteiger partial charge in [-0.05, 0) is 39.3 Å². The summed E-state index contributed by atoms with van der Waals surface area (Å²) in [7, 11) is 0. The van der Waals surface area contributed by atoms with E-state index in [0.29, 0.717) is 6.54 Å². The van der Waals surface area contributed by atoms with Gasteiger partial charge in [0.1, 0.15) is 5.82 Å². The van der Waals surface area contributed by atoms with Gasteiger partial charge in [-0.2, -0.15) is 0 Å². The normalized spacial score (nSPS) is 11.5. The van der Waals surface area contributed by atoms with Crippen molar-refractivity contribution in [1.82, 2.24) is 4.98 Å². The van der Waals surface area contributed by atoms with Gasteiger partial charge in [-0.3, -0.25) is 0 Å². The van der Waals surface area contributed by atoms with Crippen LogP contribution in [0.3, 0.4) is 0 Å². The highest BCUT2D eigenvalue weighted by molar-refractivity contribution is 5.39. The maximum absolute atomic E-state index is 9.77. The van der Waals surface area contributed by atoms with Gasteiger partial charge in [-0.25, -0.2) is 4.98 Å². The lowest BCUT2D eigenvalue weighted by Gasteiger charge is -2.28. The molecule has 0 saturated carbocycles. The van der Waals surface area contributed by atoms with Crippen LogP contribution < -0.4 is 4.90 Å². The molecule has 0 fully saturated rings. The number of hydrogen-bond acceptors (Lipinski definition) is 3. The van der Waals surface area contributed by atoms with Gasteiger partial charge in [0.05, 0.1) is 5.60 Å². The predicted octanol–water partition coefficient (Wildman–Crippen LogP) is 1.99. The molecule has 0 saturated heterocycles. The van der Waals surface area contributed by atoms with Crippen molar-refractivity contribution in [2.24, 2.45) is 0 Å². The average Bonchev–Trinajstić information content (AvgIpc) is 2.14. The third-order valence-electron chi connectivity index (χ3n) is 2.18. The lowest BCUT2D eigenvalue weighted by molar-refractivity contribution is 0.0874. The molecular formula is C12H20N2O. The predicted molar refractivity (Wildman–Crippen MR) is 63.2 cm³/mol. The van der Waals surface area contributed by atoms with Crippen LogP contribution in [0.15, 0.2) is 18.3 Å². The van der Waals surface area contributed by atoms with E-state index < -0.39 is 5.60 Å². The molecule has 0 bridgehead atoms. The smallest absolute Gasteiger partial charge is 0.128 e. The van der Waals surface area contributed by atoms with E-state index in [4.69, 9.17) is 0 Å². The van der Waals surface area contributed by atoms with Crippen molar-refractivity contribution in [3.8, 4) is 0 Å². The number of pyridine rings is 1. The van der Waals surface area contributed by atoms with E-state index >= 15 is 0 Å². The summed E-state index contributed by atoms with van der Waals surface area (Å²) < 4.78 is 0. The van der Waals surface area contributed by atoms with Gasteiger partial charge in [0.2, 0.25) is 0 Å². The standard InChI is InChI=1S/C12H20N2O/c1-5-14(9-12(3,4)15)11-7-6-10(2)8-13-11/h6-8,15H,5,9H2,1-4H3. The fourth-order valence-electron chi connectivity index (χ4n) is 1.47. The summed E-state index contributed by atoms with van der Waals surface area (Å²) in [5.74, 6) is 0.922. The summed E-state index contributed by atoms with van der Waals surface area (Å²) in [6, 6.07) is 4.03. The largest absolute Gasteiger partial charge is 0.389 e. The van der Waals surface area contributed by atoms with Crippen molar-refractivity contribution in [3.05, 3.63) is 23.9 Å². The van der Waals surface area contributed by atoms with Crippen LogP contribution in [0.25, 0.3) is 0 Å². The molecule has 0 atom stereocenters. The molecule has 0 aromatic carbocycles. The molecular weight excluding hydrogens is 188 g/mol. The van der Waals surface area contributed by atoms with Crippen LogP contribution in [-0.4, -0.2) is 28.8 Å². The molecule has 1 aromatic rings. The number of nitrogens with zero attached hydrogens (tertiary/aromatic N) is 2. The Morgan fingerprint density at radius 1 is 1.40 bits per heavy atom. The number of anilines is 1. The Labute approximate surface area is 91.8 Å². The van der Waals surface area contributed by atoms with Crippen LogP contribution in [0.4, 0.5) is 5.82 Å². The SMILES string of the molecule is CCN(CC(C)(C)O)c1ccc(C)cn1. The number of hydrogen-bond donors (Lipinski definition) is 1. The molecule has 84 valence electrons. The second kappa shape index (κ2) is 4.62. The van der Waals surface area contributed by atoms with Crippen LogP contribution in [0.5, 0.6) is 0 Å². The van der Waals surface area contributed by atoms with E-state index in [0.717, 1.165) is 17.9 Å². The summed E-state index contributed by atoms with van der Waals surface area (Å²) in [5, 5.41) is 9.77. The van der Waals surface area contributed by atoms with E-state index in [2.05, 4.69) is 16.8 Å². The van der Waals surface area contributed by atoms with Crippen molar-refractivity contribution < 1.29 is 5.11 Å². The van der Waals surface area contributed by atoms with Crippen LogP contribution in [-0.2, 0) is 0 Å². The average molecular weight is 208 g/mol. The van der Waals surface area contributed by atoms with Gasteiger partial charge in [0, 0.05) is 19.3 Å². The number of aromatic nitrogens is 1. The molecule has 1 heterocycles. The Balaban J connectivity index is 2.79. The van der Waals surface area contributed by atoms with Crippen molar-refractivity contribution >= 4 is 5.82 Å². The summed E-state index contributed by atoms with van der Waals surface area (Å²) >= 11 is 0. The third-order valence-corrected chi connectivity index (χ3v) is 2.18. The first-order chi connectivity index (χ1) is 6.92. The van der Waals surface area contributed by atoms with E-state index in [-0.39, 0.29) is 0 Å². The first kappa shape index (κ1) is 12.0. The topological polar surface area (TPSA) is 36.4 Å². The Bertz CT molecular complexity index is 300. The summed E-state index contributed by atoms with van der Waals surface area (Å²) in [4.78, 5) is 6.42. The third kappa shape index (κ3) is 3.88. The zero-order valence-electron chi connectivity index (χ0n) is 9.99. The number of likely N-dealkylation sites (N-methyl/N-ethyl adjacent to an activating group) is 1. The molecule has 0 unspecified atom stereocenters. The highest BCUT2D eigenvalue weighted by atomic mass is 16.3. The van der Waals surface area contributed by atoms with Crippen molar-refractivity contribution in [3.63, 3.8) is 0 Å². The summed E-state index contributed by atoms with van der Waals surface area (Å²) in [5.41, 5.74) is 0.459. The molecule has 15 heavy (non-hydrogen) atoms. The summed E-state index contributed by atoms with van der Waals surface area (Å²) in [6.45, 7) is 9.14. The lowest BCUT2D eigenvalue weighted by atomic mass is 10.1. The number of aryl methyl sites for hydroxylation is 1. The highest BCUT2D eigenvalue weighted by Crippen LogP contribution is 2.14. The minimum absolute atomic E-state index is 0.597. The zero-order chi connectivity index (χ0) is 11.5. The zero-order valence-corrected chi connectivity index (χ0v) is 9.99. The minimum atomic E-state index is -0.692. The fourth-order valence-corrected chi connectivity index (χ4v) is 1.47. The molecule has 0 amide bonds. The van der Waals surface area contributed by atoms with Crippen molar-refractivity contribution in [2.75, 3.05) is 18.0 Å². The van der Waals surface area contributed by atoms with E-state index in [1.165, 1.54) is 0 Å². The molecule has 0 spiro atoms. The molecule has 3 heteroatoms. The second-order valence-electron chi connectivity index (χ2n) is 4.52. The molecule has 1 rings (SSSR count). The first-order valence-electron chi connectivity index (χ1n) is 5.32. The van der Waals surface area contributed by atoms with E-state index in [1.807, 2.05) is 39.1 Å². The molecule has 1 aromatic heterocycles. The van der Waals surface area contributed by atoms with Gasteiger partial charge in [-0.15, -0.1) is 0 Å². The van der Waals surface area contributed by atoms with Crippen LogP contribution in [0, 0.1) is 6.92 Å².